The molecule has 0 aliphatic heterocycles. The third-order valence-electron chi connectivity index (χ3n) is 9.35. The molecular weight excluding hydrogens is 356 g/mol. The fraction of sp³-hybridized carbons (Fsp3) is 0.926. The van der Waals surface area contributed by atoms with Crippen LogP contribution in [0.15, 0.2) is 12.2 Å². The lowest BCUT2D eigenvalue weighted by atomic mass is 9.52. The van der Waals surface area contributed by atoms with Crippen LogP contribution in [0, 0.1) is 40.9 Å². The van der Waals surface area contributed by atoms with Crippen LogP contribution in [0.1, 0.15) is 105 Å². The number of allylic oxidation sites excluding steroid dienone is 1. The smallest absolute Gasteiger partial charge is 0.0743 e. The molecule has 0 aromatic carbocycles. The molecule has 0 spiro atoms. The average Bonchev–Trinajstić information content (AvgIpc) is 3.01. The molecule has 3 rings (SSSR count). The first-order chi connectivity index (χ1) is 13.8. The minimum absolute atomic E-state index is 0.300. The van der Waals surface area contributed by atoms with Crippen molar-refractivity contribution in [1.82, 2.24) is 0 Å². The summed E-state index contributed by atoms with van der Waals surface area (Å²) in [5.74, 6) is 3.93. The monoisotopic (exact) mass is 404 g/mol. The summed E-state index contributed by atoms with van der Waals surface area (Å²) in [5, 5.41) is 21.2. The number of aliphatic hydroxyl groups is 2. The highest BCUT2D eigenvalue weighted by atomic mass is 16.3. The van der Waals surface area contributed by atoms with Crippen LogP contribution in [0.5, 0.6) is 0 Å². The number of hydrogen-bond acceptors (Lipinski definition) is 2. The minimum Gasteiger partial charge on any atom is -0.396 e. The van der Waals surface area contributed by atoms with Crippen molar-refractivity contribution in [3.63, 3.8) is 0 Å². The van der Waals surface area contributed by atoms with Crippen LogP contribution in [-0.2, 0) is 0 Å². The highest BCUT2D eigenvalue weighted by Gasteiger charge is 2.60. The second kappa shape index (κ2) is 9.86. The van der Waals surface area contributed by atoms with Crippen molar-refractivity contribution in [2.24, 2.45) is 40.9 Å². The Morgan fingerprint density at radius 1 is 1.00 bits per heavy atom. The molecule has 0 radical (unpaired) electrons. The van der Waals surface area contributed by atoms with Gasteiger partial charge in [0.15, 0.2) is 0 Å². The van der Waals surface area contributed by atoms with Crippen molar-refractivity contribution in [3.05, 3.63) is 12.2 Å². The van der Waals surface area contributed by atoms with E-state index in [2.05, 4.69) is 39.8 Å². The van der Waals surface area contributed by atoms with Gasteiger partial charge in [0.05, 0.1) is 5.60 Å². The van der Waals surface area contributed by atoms with Gasteiger partial charge in [-0.15, -0.1) is 0 Å². The zero-order valence-corrected chi connectivity index (χ0v) is 19.7. The summed E-state index contributed by atoms with van der Waals surface area (Å²) in [4.78, 5) is 0. The second-order valence-corrected chi connectivity index (χ2v) is 11.6. The number of aliphatic hydroxyl groups excluding tert-OH is 1. The van der Waals surface area contributed by atoms with Crippen molar-refractivity contribution < 1.29 is 10.2 Å². The predicted octanol–water partition coefficient (Wildman–Crippen LogP) is 6.75. The van der Waals surface area contributed by atoms with Gasteiger partial charge >= 0.3 is 0 Å². The average molecular weight is 405 g/mol. The van der Waals surface area contributed by atoms with Crippen LogP contribution in [0.3, 0.4) is 0 Å². The van der Waals surface area contributed by atoms with E-state index in [9.17, 15) is 5.11 Å². The van der Waals surface area contributed by atoms with Crippen molar-refractivity contribution in [2.75, 3.05) is 6.61 Å². The number of hydrogen-bond donors (Lipinski definition) is 2. The Bertz CT molecular complexity index is 541. The Hall–Kier alpha value is -0.340. The van der Waals surface area contributed by atoms with Crippen molar-refractivity contribution in [1.29, 1.82) is 0 Å². The van der Waals surface area contributed by atoms with Gasteiger partial charge in [-0.05, 0) is 98.7 Å². The fourth-order valence-electron chi connectivity index (χ4n) is 7.71. The van der Waals surface area contributed by atoms with E-state index < -0.39 is 5.60 Å². The van der Waals surface area contributed by atoms with Gasteiger partial charge in [0, 0.05) is 6.61 Å². The zero-order chi connectivity index (χ0) is 21.1. The lowest BCUT2D eigenvalue weighted by molar-refractivity contribution is -0.149. The first kappa shape index (κ1) is 23.3. The van der Waals surface area contributed by atoms with E-state index in [0.717, 1.165) is 43.4 Å². The highest BCUT2D eigenvalue weighted by Crippen LogP contribution is 2.64. The van der Waals surface area contributed by atoms with E-state index in [1.807, 2.05) is 0 Å². The summed E-state index contributed by atoms with van der Waals surface area (Å²) in [5.41, 5.74) is -0.163. The molecule has 3 aliphatic carbocycles. The van der Waals surface area contributed by atoms with Crippen molar-refractivity contribution >= 4 is 0 Å². The molecule has 0 heterocycles. The molecule has 0 aromatic rings. The Labute approximate surface area is 180 Å². The van der Waals surface area contributed by atoms with E-state index >= 15 is 0 Å². The summed E-state index contributed by atoms with van der Waals surface area (Å²) in [7, 11) is 0. The van der Waals surface area contributed by atoms with Gasteiger partial charge < -0.3 is 10.2 Å². The van der Waals surface area contributed by atoms with E-state index in [4.69, 9.17) is 5.11 Å². The summed E-state index contributed by atoms with van der Waals surface area (Å²) in [6, 6.07) is 0. The van der Waals surface area contributed by atoms with Gasteiger partial charge in [0.2, 0.25) is 0 Å². The molecule has 2 fully saturated rings. The van der Waals surface area contributed by atoms with E-state index in [1.165, 1.54) is 51.4 Å². The van der Waals surface area contributed by atoms with Gasteiger partial charge in [-0.25, -0.2) is 0 Å². The molecule has 2 saturated carbocycles. The maximum Gasteiger partial charge on any atom is 0.0743 e. The Morgan fingerprint density at radius 3 is 2.52 bits per heavy atom. The lowest BCUT2D eigenvalue weighted by Gasteiger charge is -2.55. The molecule has 29 heavy (non-hydrogen) atoms. The molecule has 2 nitrogen and oxygen atoms in total. The fourth-order valence-corrected chi connectivity index (χ4v) is 7.71. The molecule has 2 N–H and O–H groups in total. The van der Waals surface area contributed by atoms with Crippen LogP contribution < -0.4 is 0 Å². The lowest BCUT2D eigenvalue weighted by Crippen LogP contribution is -2.55. The summed E-state index contributed by atoms with van der Waals surface area (Å²) >= 11 is 0. The number of rotatable bonds is 8. The third kappa shape index (κ3) is 4.95. The molecule has 168 valence electrons. The maximum absolute atomic E-state index is 12.1. The molecule has 2 heteroatoms. The summed E-state index contributed by atoms with van der Waals surface area (Å²) in [6.45, 7) is 10.0. The first-order valence-electron chi connectivity index (χ1n) is 12.8. The molecule has 0 aromatic heterocycles. The van der Waals surface area contributed by atoms with E-state index in [-0.39, 0.29) is 0 Å². The standard InChI is InChI=1S/C27H48O2/c1-20(2)8-5-9-21(3)24-14-15-25-26(24,4)18-16-23-13-12-22(11-7-19-28)10-6-17-27(23,25)29/h6,10,20-25,28-29H,5,7-9,11-19H2,1-4H3/b10-6-/t21-,22-,23-,24-,25-,26-,27+/m1/s1. The molecule has 0 bridgehead atoms. The zero-order valence-electron chi connectivity index (χ0n) is 19.7. The topological polar surface area (TPSA) is 40.5 Å². The predicted molar refractivity (Wildman–Crippen MR) is 123 cm³/mol. The second-order valence-electron chi connectivity index (χ2n) is 11.6. The normalized spacial score (nSPS) is 42.0. The molecule has 0 amide bonds. The Morgan fingerprint density at radius 2 is 1.79 bits per heavy atom. The van der Waals surface area contributed by atoms with Crippen LogP contribution >= 0.6 is 0 Å². The third-order valence-corrected chi connectivity index (χ3v) is 9.35. The van der Waals surface area contributed by atoms with Gasteiger partial charge in [0.25, 0.3) is 0 Å². The SMILES string of the molecule is CC(C)CCC[C@@H](C)[C@H]1CC[C@@H]2[C@]1(C)CC[C@H]1CC[C@@H](CCCO)/C=C\C[C@]12O. The molecule has 0 unspecified atom stereocenters. The minimum atomic E-state index is -0.488. The van der Waals surface area contributed by atoms with Gasteiger partial charge in [0.1, 0.15) is 0 Å². The van der Waals surface area contributed by atoms with E-state index in [0.29, 0.717) is 29.8 Å². The Kier molecular flexibility index (Phi) is 7.93. The largest absolute Gasteiger partial charge is 0.396 e. The molecule has 0 saturated heterocycles. The molecule has 7 atom stereocenters. The van der Waals surface area contributed by atoms with Crippen molar-refractivity contribution in [2.45, 2.75) is 110 Å². The first-order valence-corrected chi connectivity index (χ1v) is 12.8. The molecule has 3 aliphatic rings. The van der Waals surface area contributed by atoms with E-state index in [1.54, 1.807) is 0 Å². The summed E-state index contributed by atoms with van der Waals surface area (Å²) < 4.78 is 0. The highest BCUT2D eigenvalue weighted by molar-refractivity contribution is 5.13. The van der Waals surface area contributed by atoms with Crippen LogP contribution in [0.4, 0.5) is 0 Å². The number of fused-ring (bicyclic) bond motifs is 3. The van der Waals surface area contributed by atoms with Crippen LogP contribution in [0.2, 0.25) is 0 Å². The van der Waals surface area contributed by atoms with Crippen LogP contribution in [-0.4, -0.2) is 22.4 Å². The van der Waals surface area contributed by atoms with Crippen LogP contribution in [0.25, 0.3) is 0 Å². The molecular formula is C27H48O2. The van der Waals surface area contributed by atoms with Gasteiger partial charge in [-0.3, -0.25) is 0 Å². The van der Waals surface area contributed by atoms with Crippen molar-refractivity contribution in [3.8, 4) is 0 Å². The summed E-state index contributed by atoms with van der Waals surface area (Å²) in [6.07, 6.45) is 19.0. The van der Waals surface area contributed by atoms with Gasteiger partial charge in [-0.1, -0.05) is 59.1 Å². The maximum atomic E-state index is 12.1. The quantitative estimate of drug-likeness (QED) is 0.439. The Balaban J connectivity index is 1.69. The van der Waals surface area contributed by atoms with Gasteiger partial charge in [-0.2, -0.15) is 0 Å².